The lowest BCUT2D eigenvalue weighted by molar-refractivity contribution is -0.147. The molecular formula is C15H13ClF4O2. The molecule has 1 fully saturated rings. The molecular weight excluding hydrogens is 324 g/mol. The van der Waals surface area contributed by atoms with Gasteiger partial charge in [0.1, 0.15) is 6.61 Å². The molecule has 0 radical (unpaired) electrons. The highest BCUT2D eigenvalue weighted by Crippen LogP contribution is 2.59. The SMILES string of the molecule is CC1(C)C(C=CCl)C1C(=O)OCc1c(F)c(F)cc(F)c1F. The van der Waals surface area contributed by atoms with Crippen molar-refractivity contribution in [1.29, 1.82) is 0 Å². The Morgan fingerprint density at radius 2 is 1.82 bits per heavy atom. The van der Waals surface area contributed by atoms with Gasteiger partial charge in [-0.2, -0.15) is 0 Å². The van der Waals surface area contributed by atoms with E-state index in [1.54, 1.807) is 6.08 Å². The molecule has 1 aromatic carbocycles. The summed E-state index contributed by atoms with van der Waals surface area (Å²) in [6, 6.07) is 0.0985. The first-order chi connectivity index (χ1) is 10.2. The summed E-state index contributed by atoms with van der Waals surface area (Å²) in [6.07, 6.45) is 1.62. The van der Waals surface area contributed by atoms with Gasteiger partial charge in [-0.1, -0.05) is 31.5 Å². The van der Waals surface area contributed by atoms with Crippen LogP contribution >= 0.6 is 11.6 Å². The highest BCUT2D eigenvalue weighted by atomic mass is 35.5. The molecule has 2 rings (SSSR count). The molecule has 2 atom stereocenters. The molecule has 0 N–H and O–H groups in total. The van der Waals surface area contributed by atoms with Crippen LogP contribution in [0.5, 0.6) is 0 Å². The van der Waals surface area contributed by atoms with Crippen molar-refractivity contribution in [2.45, 2.75) is 20.5 Å². The van der Waals surface area contributed by atoms with Crippen LogP contribution in [-0.4, -0.2) is 5.97 Å². The van der Waals surface area contributed by atoms with Crippen LogP contribution in [0.1, 0.15) is 19.4 Å². The lowest BCUT2D eigenvalue weighted by Gasteiger charge is -2.09. The van der Waals surface area contributed by atoms with Gasteiger partial charge < -0.3 is 4.74 Å². The number of esters is 1. The fourth-order valence-electron chi connectivity index (χ4n) is 2.55. The number of allylic oxidation sites excluding steroid dienone is 1. The zero-order valence-electron chi connectivity index (χ0n) is 11.8. The minimum Gasteiger partial charge on any atom is -0.460 e. The molecule has 0 aromatic heterocycles. The Bertz CT molecular complexity index is 617. The summed E-state index contributed by atoms with van der Waals surface area (Å²) in [5.74, 6) is -7.60. The molecule has 2 nitrogen and oxygen atoms in total. The standard InChI is InChI=1S/C15H13ClF4O2/c1-15(2)8(3-4-16)11(15)14(21)22-6-7-12(19)9(17)5-10(18)13(7)20/h3-5,8,11H,6H2,1-2H3. The van der Waals surface area contributed by atoms with E-state index < -0.39 is 52.7 Å². The van der Waals surface area contributed by atoms with E-state index in [4.69, 9.17) is 16.3 Å². The van der Waals surface area contributed by atoms with Gasteiger partial charge in [-0.15, -0.1) is 0 Å². The maximum atomic E-state index is 13.5. The fourth-order valence-corrected chi connectivity index (χ4v) is 2.70. The fraction of sp³-hybridized carbons (Fsp3) is 0.400. The Hall–Kier alpha value is -1.56. The molecule has 0 saturated heterocycles. The minimum absolute atomic E-state index is 0.0985. The van der Waals surface area contributed by atoms with Gasteiger partial charge in [0, 0.05) is 11.6 Å². The van der Waals surface area contributed by atoms with Crippen LogP contribution in [-0.2, 0) is 16.1 Å². The predicted molar refractivity (Wildman–Crippen MR) is 71.8 cm³/mol. The van der Waals surface area contributed by atoms with Gasteiger partial charge in [-0.25, -0.2) is 17.6 Å². The molecule has 1 saturated carbocycles. The smallest absolute Gasteiger partial charge is 0.310 e. The van der Waals surface area contributed by atoms with Gasteiger partial charge in [0.2, 0.25) is 0 Å². The molecule has 1 aromatic rings. The molecule has 0 bridgehead atoms. The number of carbonyl (C=O) groups is 1. The average Bonchev–Trinajstić information content (AvgIpc) is 2.98. The van der Waals surface area contributed by atoms with E-state index in [1.807, 2.05) is 13.8 Å². The molecule has 0 aliphatic heterocycles. The van der Waals surface area contributed by atoms with Crippen molar-refractivity contribution in [3.8, 4) is 0 Å². The van der Waals surface area contributed by atoms with Crippen molar-refractivity contribution in [3.05, 3.63) is 46.5 Å². The van der Waals surface area contributed by atoms with Crippen molar-refractivity contribution >= 4 is 17.6 Å². The highest BCUT2D eigenvalue weighted by Gasteiger charge is 2.61. The van der Waals surface area contributed by atoms with Crippen LogP contribution in [0.3, 0.4) is 0 Å². The van der Waals surface area contributed by atoms with E-state index in [9.17, 15) is 22.4 Å². The van der Waals surface area contributed by atoms with E-state index in [-0.39, 0.29) is 12.0 Å². The lowest BCUT2D eigenvalue weighted by Crippen LogP contribution is -2.13. The average molecular weight is 337 g/mol. The second-order valence-electron chi connectivity index (χ2n) is 5.70. The largest absolute Gasteiger partial charge is 0.460 e. The van der Waals surface area contributed by atoms with E-state index in [1.165, 1.54) is 5.54 Å². The number of benzene rings is 1. The second kappa shape index (κ2) is 5.91. The number of ether oxygens (including phenoxy) is 1. The van der Waals surface area contributed by atoms with Crippen molar-refractivity contribution in [1.82, 2.24) is 0 Å². The maximum absolute atomic E-state index is 13.5. The van der Waals surface area contributed by atoms with E-state index >= 15 is 0 Å². The summed E-state index contributed by atoms with van der Waals surface area (Å²) < 4.78 is 57.8. The quantitative estimate of drug-likeness (QED) is 0.465. The Morgan fingerprint density at radius 3 is 2.32 bits per heavy atom. The number of carbonyl (C=O) groups excluding carboxylic acids is 1. The minimum atomic E-state index is -1.57. The molecule has 120 valence electrons. The predicted octanol–water partition coefficient (Wildman–Crippen LogP) is 4.31. The van der Waals surface area contributed by atoms with Crippen LogP contribution in [0.2, 0.25) is 0 Å². The Morgan fingerprint density at radius 1 is 1.27 bits per heavy atom. The molecule has 0 heterocycles. The van der Waals surface area contributed by atoms with Crippen molar-refractivity contribution in [3.63, 3.8) is 0 Å². The highest BCUT2D eigenvalue weighted by molar-refractivity contribution is 6.25. The summed E-state index contributed by atoms with van der Waals surface area (Å²) >= 11 is 5.47. The summed E-state index contributed by atoms with van der Waals surface area (Å²) in [5.41, 5.74) is -0.0676. The summed E-state index contributed by atoms with van der Waals surface area (Å²) in [7, 11) is 0. The number of hydrogen-bond donors (Lipinski definition) is 0. The normalized spacial score (nSPS) is 22.9. The molecule has 1 aliphatic carbocycles. The van der Waals surface area contributed by atoms with Crippen LogP contribution in [0, 0.1) is 40.5 Å². The number of halogens is 5. The van der Waals surface area contributed by atoms with Gasteiger partial charge in [-0.05, 0) is 11.3 Å². The first-order valence-corrected chi connectivity index (χ1v) is 6.90. The van der Waals surface area contributed by atoms with Crippen LogP contribution in [0.4, 0.5) is 17.6 Å². The van der Waals surface area contributed by atoms with E-state index in [0.29, 0.717) is 0 Å². The zero-order chi connectivity index (χ0) is 16.7. The van der Waals surface area contributed by atoms with Gasteiger partial charge in [-0.3, -0.25) is 4.79 Å². The maximum Gasteiger partial charge on any atom is 0.310 e. The third-order valence-electron chi connectivity index (χ3n) is 4.01. The molecule has 7 heteroatoms. The van der Waals surface area contributed by atoms with Crippen molar-refractivity contribution in [2.75, 3.05) is 0 Å². The van der Waals surface area contributed by atoms with Crippen molar-refractivity contribution < 1.29 is 27.1 Å². The van der Waals surface area contributed by atoms with E-state index in [2.05, 4.69) is 0 Å². The molecule has 2 unspecified atom stereocenters. The summed E-state index contributed by atoms with van der Waals surface area (Å²) in [6.45, 7) is 2.74. The number of hydrogen-bond acceptors (Lipinski definition) is 2. The van der Waals surface area contributed by atoms with Gasteiger partial charge in [0.15, 0.2) is 23.3 Å². The molecule has 0 spiro atoms. The molecule has 0 amide bonds. The zero-order valence-corrected chi connectivity index (χ0v) is 12.6. The van der Waals surface area contributed by atoms with Gasteiger partial charge >= 0.3 is 5.97 Å². The van der Waals surface area contributed by atoms with Crippen LogP contribution in [0.15, 0.2) is 17.7 Å². The van der Waals surface area contributed by atoms with Crippen LogP contribution in [0.25, 0.3) is 0 Å². The second-order valence-corrected chi connectivity index (χ2v) is 5.95. The monoisotopic (exact) mass is 336 g/mol. The Kier molecular flexibility index (Phi) is 4.52. The van der Waals surface area contributed by atoms with Crippen LogP contribution < -0.4 is 0 Å². The number of rotatable bonds is 4. The Balaban J connectivity index is 2.10. The lowest BCUT2D eigenvalue weighted by atomic mass is 10.1. The van der Waals surface area contributed by atoms with E-state index in [0.717, 1.165) is 0 Å². The third kappa shape index (κ3) is 2.84. The molecule has 22 heavy (non-hydrogen) atoms. The summed E-state index contributed by atoms with van der Waals surface area (Å²) in [5, 5.41) is 0. The van der Waals surface area contributed by atoms with Gasteiger partial charge in [0.25, 0.3) is 0 Å². The first kappa shape index (κ1) is 16.8. The van der Waals surface area contributed by atoms with Crippen molar-refractivity contribution in [2.24, 2.45) is 17.3 Å². The van der Waals surface area contributed by atoms with Gasteiger partial charge in [0.05, 0.1) is 11.5 Å². The topological polar surface area (TPSA) is 26.3 Å². The Labute approximate surface area is 129 Å². The molecule has 1 aliphatic rings. The summed E-state index contributed by atoms with van der Waals surface area (Å²) in [4.78, 5) is 11.9. The third-order valence-corrected chi connectivity index (χ3v) is 4.15. The first-order valence-electron chi connectivity index (χ1n) is 6.47.